The maximum Gasteiger partial charge on any atom is 0.418 e. The molecule has 2 aromatic heterocycles. The van der Waals surface area contributed by atoms with E-state index in [1.54, 1.807) is 11.0 Å². The zero-order valence-electron chi connectivity index (χ0n) is 20.2. The van der Waals surface area contributed by atoms with Gasteiger partial charge in [0.05, 0.1) is 17.4 Å². The number of piperidine rings is 1. The fourth-order valence-corrected chi connectivity index (χ4v) is 5.50. The Labute approximate surface area is 210 Å². The van der Waals surface area contributed by atoms with Crippen LogP contribution in [-0.2, 0) is 6.18 Å². The van der Waals surface area contributed by atoms with Gasteiger partial charge in [0.25, 0.3) is 11.5 Å². The highest BCUT2D eigenvalue weighted by molar-refractivity contribution is 5.92. The van der Waals surface area contributed by atoms with Crippen LogP contribution in [0, 0.1) is 5.82 Å². The number of likely N-dealkylation sites (tertiary alicyclic amines) is 1. The number of anilines is 1. The predicted molar refractivity (Wildman–Crippen MR) is 131 cm³/mol. The third-order valence-corrected chi connectivity index (χ3v) is 7.46. The molecule has 196 valence electrons. The molecule has 4 heterocycles. The molecule has 1 amide bonds. The molecular weight excluding hydrogens is 490 g/mol. The monoisotopic (exact) mass is 517 g/mol. The van der Waals surface area contributed by atoms with Gasteiger partial charge in [0.15, 0.2) is 0 Å². The maximum atomic E-state index is 13.8. The highest BCUT2D eigenvalue weighted by Gasteiger charge is 2.38. The van der Waals surface area contributed by atoms with Crippen molar-refractivity contribution in [2.75, 3.05) is 38.1 Å². The number of H-pyrrole nitrogens is 1. The average Bonchev–Trinajstić information content (AvgIpc) is 3.38. The largest absolute Gasteiger partial charge is 0.418 e. The first-order valence-electron chi connectivity index (χ1n) is 12.2. The molecule has 0 saturated carbocycles. The molecule has 1 atom stereocenters. The Balaban J connectivity index is 1.26. The van der Waals surface area contributed by atoms with Gasteiger partial charge in [0.1, 0.15) is 11.5 Å². The third-order valence-electron chi connectivity index (χ3n) is 7.46. The van der Waals surface area contributed by atoms with Gasteiger partial charge in [-0.25, -0.2) is 9.37 Å². The van der Waals surface area contributed by atoms with Crippen molar-refractivity contribution in [3.8, 4) is 0 Å². The molecule has 11 heteroatoms. The number of rotatable bonds is 4. The van der Waals surface area contributed by atoms with Crippen molar-refractivity contribution in [1.29, 1.82) is 0 Å². The fraction of sp³-hybridized carbons (Fsp3) is 0.423. The van der Waals surface area contributed by atoms with Gasteiger partial charge in [-0.1, -0.05) is 6.07 Å². The Bertz CT molecular complexity index is 1380. The molecule has 2 aliphatic heterocycles. The molecule has 0 bridgehead atoms. The van der Waals surface area contributed by atoms with Crippen molar-refractivity contribution in [1.82, 2.24) is 20.2 Å². The molecule has 2 aliphatic rings. The lowest BCUT2D eigenvalue weighted by atomic mass is 10.0. The lowest BCUT2D eigenvalue weighted by Crippen LogP contribution is -2.44. The maximum absolute atomic E-state index is 13.8. The fourth-order valence-electron chi connectivity index (χ4n) is 5.50. The summed E-state index contributed by atoms with van der Waals surface area (Å²) in [5, 5.41) is 3.32. The van der Waals surface area contributed by atoms with Crippen LogP contribution >= 0.6 is 0 Å². The number of pyridine rings is 2. The summed E-state index contributed by atoms with van der Waals surface area (Å²) in [6.45, 7) is 2.45. The second-order valence-corrected chi connectivity index (χ2v) is 9.65. The Hall–Kier alpha value is -3.47. The van der Waals surface area contributed by atoms with Crippen LogP contribution in [0.15, 0.2) is 41.3 Å². The number of amides is 1. The number of benzene rings is 1. The summed E-state index contributed by atoms with van der Waals surface area (Å²) >= 11 is 0. The van der Waals surface area contributed by atoms with Crippen LogP contribution in [0.4, 0.5) is 23.2 Å². The normalized spacial score (nSPS) is 19.5. The SMILES string of the molecule is CNC(=O)c1cc(C(F)(F)F)c(N2CCC(N3CCC(c4cc5ccc(F)cc5c(=O)[nH]4)C3)CC2)cn1. The molecule has 2 N–H and O–H groups in total. The first-order valence-corrected chi connectivity index (χ1v) is 12.2. The van der Waals surface area contributed by atoms with Gasteiger partial charge < -0.3 is 15.2 Å². The van der Waals surface area contributed by atoms with E-state index in [1.807, 2.05) is 6.07 Å². The highest BCUT2D eigenvalue weighted by atomic mass is 19.4. The lowest BCUT2D eigenvalue weighted by molar-refractivity contribution is -0.137. The number of carbonyl (C=O) groups is 1. The minimum Gasteiger partial charge on any atom is -0.370 e. The molecule has 7 nitrogen and oxygen atoms in total. The number of nitrogens with zero attached hydrogens (tertiary/aromatic N) is 3. The number of hydrogen-bond donors (Lipinski definition) is 2. The van der Waals surface area contributed by atoms with E-state index in [0.29, 0.717) is 36.7 Å². The molecule has 0 radical (unpaired) electrons. The number of nitrogens with one attached hydrogen (secondary N) is 2. The van der Waals surface area contributed by atoms with Crippen LogP contribution in [0.1, 0.15) is 46.9 Å². The van der Waals surface area contributed by atoms with Crippen molar-refractivity contribution in [2.45, 2.75) is 37.4 Å². The number of aromatic nitrogens is 2. The summed E-state index contributed by atoms with van der Waals surface area (Å²) in [5.41, 5.74) is -0.631. The molecule has 37 heavy (non-hydrogen) atoms. The minimum absolute atomic E-state index is 0.0110. The first kappa shape index (κ1) is 25.2. The van der Waals surface area contributed by atoms with Crippen LogP contribution in [0.3, 0.4) is 0 Å². The molecular formula is C26H27F4N5O2. The summed E-state index contributed by atoms with van der Waals surface area (Å²) in [6.07, 6.45) is -1.24. The summed E-state index contributed by atoms with van der Waals surface area (Å²) in [4.78, 5) is 35.2. The van der Waals surface area contributed by atoms with Gasteiger partial charge in [0.2, 0.25) is 0 Å². The lowest BCUT2D eigenvalue weighted by Gasteiger charge is -2.38. The van der Waals surface area contributed by atoms with E-state index in [9.17, 15) is 27.2 Å². The molecule has 3 aromatic rings. The summed E-state index contributed by atoms with van der Waals surface area (Å²) in [5.74, 6) is -0.998. The Kier molecular flexibility index (Phi) is 6.65. The number of hydrogen-bond acceptors (Lipinski definition) is 5. The number of carbonyl (C=O) groups excluding carboxylic acids is 1. The number of fused-ring (bicyclic) bond motifs is 1. The van der Waals surface area contributed by atoms with Gasteiger partial charge in [-0.2, -0.15) is 13.2 Å². The van der Waals surface area contributed by atoms with Crippen molar-refractivity contribution in [3.63, 3.8) is 0 Å². The Morgan fingerprint density at radius 2 is 1.86 bits per heavy atom. The van der Waals surface area contributed by atoms with Crippen molar-refractivity contribution < 1.29 is 22.4 Å². The zero-order chi connectivity index (χ0) is 26.3. The molecule has 0 spiro atoms. The number of halogens is 4. The van der Waals surface area contributed by atoms with E-state index in [0.717, 1.165) is 37.5 Å². The predicted octanol–water partition coefficient (Wildman–Crippen LogP) is 3.90. The molecule has 5 rings (SSSR count). The second-order valence-electron chi connectivity index (χ2n) is 9.65. The van der Waals surface area contributed by atoms with Gasteiger partial charge in [-0.3, -0.25) is 14.5 Å². The average molecular weight is 518 g/mol. The molecule has 2 fully saturated rings. The molecule has 1 unspecified atom stereocenters. The molecule has 1 aromatic carbocycles. The van der Waals surface area contributed by atoms with Crippen LogP contribution in [0.2, 0.25) is 0 Å². The molecule has 2 saturated heterocycles. The number of alkyl halides is 3. The topological polar surface area (TPSA) is 81.3 Å². The van der Waals surface area contributed by atoms with E-state index in [2.05, 4.69) is 20.2 Å². The van der Waals surface area contributed by atoms with Gasteiger partial charge in [-0.15, -0.1) is 0 Å². The van der Waals surface area contributed by atoms with Crippen LogP contribution in [0.25, 0.3) is 10.8 Å². The van der Waals surface area contributed by atoms with Crippen LogP contribution in [0.5, 0.6) is 0 Å². The Morgan fingerprint density at radius 3 is 2.57 bits per heavy atom. The Morgan fingerprint density at radius 1 is 1.11 bits per heavy atom. The zero-order valence-corrected chi connectivity index (χ0v) is 20.2. The third kappa shape index (κ3) is 5.04. The summed E-state index contributed by atoms with van der Waals surface area (Å²) in [7, 11) is 1.34. The minimum atomic E-state index is -4.61. The second kappa shape index (κ2) is 9.77. The van der Waals surface area contributed by atoms with Gasteiger partial charge >= 0.3 is 6.18 Å². The van der Waals surface area contributed by atoms with E-state index in [1.165, 1.54) is 19.2 Å². The van der Waals surface area contributed by atoms with E-state index >= 15 is 0 Å². The van der Waals surface area contributed by atoms with Crippen LogP contribution < -0.4 is 15.8 Å². The first-order chi connectivity index (χ1) is 17.6. The standard InChI is InChI=1S/C26H27F4N5O2/c1-31-25(37)22-12-20(26(28,29)30)23(13-32-22)34-8-5-18(6-9-34)35-7-4-16(14-35)21-10-15-2-3-17(27)11-19(15)24(36)33-21/h2-3,10-13,16,18H,4-9,14H2,1H3,(H,31,37)(H,33,36). The van der Waals surface area contributed by atoms with Crippen LogP contribution in [-0.4, -0.2) is 60.0 Å². The smallest absolute Gasteiger partial charge is 0.370 e. The highest BCUT2D eigenvalue weighted by Crippen LogP contribution is 2.38. The summed E-state index contributed by atoms with van der Waals surface area (Å²) in [6, 6.07) is 7.11. The van der Waals surface area contributed by atoms with E-state index in [-0.39, 0.29) is 28.9 Å². The number of aromatic amines is 1. The van der Waals surface area contributed by atoms with Gasteiger partial charge in [-0.05, 0) is 55.5 Å². The quantitative estimate of drug-likeness (QED) is 0.514. The summed E-state index contributed by atoms with van der Waals surface area (Å²) < 4.78 is 54.9. The van der Waals surface area contributed by atoms with Crippen molar-refractivity contribution in [3.05, 3.63) is 69.7 Å². The van der Waals surface area contributed by atoms with E-state index in [4.69, 9.17) is 0 Å². The van der Waals surface area contributed by atoms with Crippen molar-refractivity contribution in [2.24, 2.45) is 0 Å². The van der Waals surface area contributed by atoms with Crippen molar-refractivity contribution >= 4 is 22.4 Å². The van der Waals surface area contributed by atoms with E-state index < -0.39 is 23.5 Å². The van der Waals surface area contributed by atoms with Gasteiger partial charge in [0, 0.05) is 49.7 Å². The molecule has 0 aliphatic carbocycles.